The van der Waals surface area contributed by atoms with Crippen molar-refractivity contribution in [3.63, 3.8) is 0 Å². The van der Waals surface area contributed by atoms with E-state index in [4.69, 9.17) is 4.74 Å². The third-order valence-electron chi connectivity index (χ3n) is 2.80. The summed E-state index contributed by atoms with van der Waals surface area (Å²) < 4.78 is 17.6. The van der Waals surface area contributed by atoms with Crippen LogP contribution in [0.2, 0.25) is 0 Å². The van der Waals surface area contributed by atoms with E-state index in [1.54, 1.807) is 7.11 Å². The number of rotatable bonds is 8. The fourth-order valence-electron chi connectivity index (χ4n) is 1.96. The lowest BCUT2D eigenvalue weighted by Crippen LogP contribution is -2.33. The van der Waals surface area contributed by atoms with Crippen molar-refractivity contribution in [2.75, 3.05) is 19.4 Å². The van der Waals surface area contributed by atoms with Gasteiger partial charge in [-0.25, -0.2) is 0 Å². The van der Waals surface area contributed by atoms with Crippen molar-refractivity contribution in [3.8, 4) is 5.75 Å². The summed E-state index contributed by atoms with van der Waals surface area (Å²) in [5, 5.41) is 3.39. The second-order valence-electron chi connectivity index (χ2n) is 4.21. The molecule has 0 bridgehead atoms. The normalized spacial score (nSPS) is 14.2. The standard InChI is InChI=1S/C14H23NO2S/c1-4-8-12(15-5-2)11-18(16)14-10-7-6-9-13(14)17-3/h6-7,9-10,12,15H,4-5,8,11H2,1-3H3. The smallest absolute Gasteiger partial charge is 0.134 e. The molecule has 102 valence electrons. The maximum Gasteiger partial charge on any atom is 0.134 e. The highest BCUT2D eigenvalue weighted by molar-refractivity contribution is 7.85. The summed E-state index contributed by atoms with van der Waals surface area (Å²) in [6.45, 7) is 5.14. The fraction of sp³-hybridized carbons (Fsp3) is 0.571. The molecule has 1 aromatic rings. The van der Waals surface area contributed by atoms with E-state index < -0.39 is 10.8 Å². The number of methoxy groups -OCH3 is 1. The number of ether oxygens (including phenoxy) is 1. The van der Waals surface area contributed by atoms with Gasteiger partial charge >= 0.3 is 0 Å². The average molecular weight is 269 g/mol. The van der Waals surface area contributed by atoms with E-state index in [1.807, 2.05) is 24.3 Å². The van der Waals surface area contributed by atoms with E-state index in [1.165, 1.54) is 0 Å². The first-order valence-electron chi connectivity index (χ1n) is 6.47. The van der Waals surface area contributed by atoms with Crippen LogP contribution in [-0.2, 0) is 10.8 Å². The van der Waals surface area contributed by atoms with Crippen molar-refractivity contribution < 1.29 is 8.95 Å². The van der Waals surface area contributed by atoms with Crippen molar-refractivity contribution in [2.45, 2.75) is 37.6 Å². The van der Waals surface area contributed by atoms with Gasteiger partial charge in [-0.15, -0.1) is 0 Å². The van der Waals surface area contributed by atoms with E-state index in [9.17, 15) is 4.21 Å². The molecule has 1 N–H and O–H groups in total. The highest BCUT2D eigenvalue weighted by Crippen LogP contribution is 2.22. The first-order valence-corrected chi connectivity index (χ1v) is 7.79. The van der Waals surface area contributed by atoms with E-state index in [2.05, 4.69) is 19.2 Å². The van der Waals surface area contributed by atoms with Crippen LogP contribution in [0.25, 0.3) is 0 Å². The molecule has 0 fully saturated rings. The van der Waals surface area contributed by atoms with Crippen LogP contribution in [0.3, 0.4) is 0 Å². The molecule has 0 radical (unpaired) electrons. The highest BCUT2D eigenvalue weighted by Gasteiger charge is 2.15. The Morgan fingerprint density at radius 3 is 2.67 bits per heavy atom. The summed E-state index contributed by atoms with van der Waals surface area (Å²) >= 11 is 0. The summed E-state index contributed by atoms with van der Waals surface area (Å²) in [4.78, 5) is 0.791. The Bertz CT molecular complexity index is 376. The van der Waals surface area contributed by atoms with Crippen LogP contribution in [-0.4, -0.2) is 29.7 Å². The molecule has 18 heavy (non-hydrogen) atoms. The molecular weight excluding hydrogens is 246 g/mol. The maximum atomic E-state index is 12.4. The van der Waals surface area contributed by atoms with Crippen molar-refractivity contribution in [1.82, 2.24) is 5.32 Å². The Kier molecular flexibility index (Phi) is 6.98. The third kappa shape index (κ3) is 4.42. The van der Waals surface area contributed by atoms with Crippen molar-refractivity contribution in [3.05, 3.63) is 24.3 Å². The van der Waals surface area contributed by atoms with E-state index in [-0.39, 0.29) is 0 Å². The number of hydrogen-bond acceptors (Lipinski definition) is 3. The molecule has 2 atom stereocenters. The molecule has 1 aromatic carbocycles. The molecule has 1 rings (SSSR count). The second-order valence-corrected chi connectivity index (χ2v) is 5.67. The van der Waals surface area contributed by atoms with Crippen LogP contribution in [0.4, 0.5) is 0 Å². The van der Waals surface area contributed by atoms with Crippen LogP contribution >= 0.6 is 0 Å². The van der Waals surface area contributed by atoms with Crippen LogP contribution < -0.4 is 10.1 Å². The van der Waals surface area contributed by atoms with Crippen LogP contribution in [0.5, 0.6) is 5.75 Å². The van der Waals surface area contributed by atoms with Gasteiger partial charge in [-0.1, -0.05) is 32.4 Å². The zero-order valence-corrected chi connectivity index (χ0v) is 12.3. The summed E-state index contributed by atoms with van der Waals surface area (Å²) in [6.07, 6.45) is 2.15. The van der Waals surface area contributed by atoms with Gasteiger partial charge in [0.1, 0.15) is 5.75 Å². The number of benzene rings is 1. The van der Waals surface area contributed by atoms with Crippen LogP contribution in [0, 0.1) is 0 Å². The summed E-state index contributed by atoms with van der Waals surface area (Å²) in [5.74, 6) is 1.35. The molecule has 3 nitrogen and oxygen atoms in total. The zero-order chi connectivity index (χ0) is 13.4. The first kappa shape index (κ1) is 15.2. The van der Waals surface area contributed by atoms with Gasteiger partial charge in [0, 0.05) is 11.8 Å². The van der Waals surface area contributed by atoms with Gasteiger partial charge in [-0.3, -0.25) is 4.21 Å². The fourth-order valence-corrected chi connectivity index (χ4v) is 3.40. The minimum atomic E-state index is -1.02. The second kappa shape index (κ2) is 8.27. The summed E-state index contributed by atoms with van der Waals surface area (Å²) in [7, 11) is 0.600. The van der Waals surface area contributed by atoms with E-state index >= 15 is 0 Å². The molecule has 0 saturated heterocycles. The van der Waals surface area contributed by atoms with Crippen molar-refractivity contribution >= 4 is 10.8 Å². The third-order valence-corrected chi connectivity index (χ3v) is 4.33. The van der Waals surface area contributed by atoms with Gasteiger partial charge in [0.25, 0.3) is 0 Å². The predicted octanol–water partition coefficient (Wildman–Crippen LogP) is 2.58. The Balaban J connectivity index is 2.73. The largest absolute Gasteiger partial charge is 0.495 e. The Morgan fingerprint density at radius 1 is 1.33 bits per heavy atom. The molecule has 0 aliphatic carbocycles. The zero-order valence-electron chi connectivity index (χ0n) is 11.4. The lowest BCUT2D eigenvalue weighted by Gasteiger charge is -2.17. The molecule has 0 aliphatic rings. The van der Waals surface area contributed by atoms with Crippen molar-refractivity contribution in [1.29, 1.82) is 0 Å². The Hall–Kier alpha value is -0.870. The van der Waals surface area contributed by atoms with Gasteiger partial charge in [-0.2, -0.15) is 0 Å². The molecular formula is C14H23NO2S. The Labute approximate surface area is 112 Å². The Morgan fingerprint density at radius 2 is 2.06 bits per heavy atom. The first-order chi connectivity index (χ1) is 8.72. The number of para-hydroxylation sites is 1. The maximum absolute atomic E-state index is 12.4. The number of hydrogen-bond donors (Lipinski definition) is 1. The summed E-state index contributed by atoms with van der Waals surface area (Å²) in [6, 6.07) is 7.84. The number of nitrogens with one attached hydrogen (secondary N) is 1. The monoisotopic (exact) mass is 269 g/mol. The minimum Gasteiger partial charge on any atom is -0.495 e. The van der Waals surface area contributed by atoms with Gasteiger partial charge in [-0.05, 0) is 25.1 Å². The van der Waals surface area contributed by atoms with Gasteiger partial charge in [0.05, 0.1) is 22.8 Å². The van der Waals surface area contributed by atoms with E-state index in [0.717, 1.165) is 24.3 Å². The minimum absolute atomic E-state index is 0.311. The lowest BCUT2D eigenvalue weighted by atomic mass is 10.2. The van der Waals surface area contributed by atoms with Crippen LogP contribution in [0.1, 0.15) is 26.7 Å². The predicted molar refractivity (Wildman–Crippen MR) is 76.6 cm³/mol. The molecule has 2 unspecified atom stereocenters. The quantitative estimate of drug-likeness (QED) is 0.788. The lowest BCUT2D eigenvalue weighted by molar-refractivity contribution is 0.404. The average Bonchev–Trinajstić information content (AvgIpc) is 2.39. The molecule has 0 aromatic heterocycles. The van der Waals surface area contributed by atoms with E-state index in [0.29, 0.717) is 17.5 Å². The van der Waals surface area contributed by atoms with Crippen molar-refractivity contribution in [2.24, 2.45) is 0 Å². The highest BCUT2D eigenvalue weighted by atomic mass is 32.2. The molecule has 0 aliphatic heterocycles. The van der Waals surface area contributed by atoms with Gasteiger partial charge < -0.3 is 10.1 Å². The van der Waals surface area contributed by atoms with Gasteiger partial charge in [0.2, 0.25) is 0 Å². The van der Waals surface area contributed by atoms with Gasteiger partial charge in [0.15, 0.2) is 0 Å². The summed E-state index contributed by atoms with van der Waals surface area (Å²) in [5.41, 5.74) is 0. The molecule has 0 heterocycles. The molecule has 0 spiro atoms. The molecule has 4 heteroatoms. The molecule has 0 amide bonds. The molecule has 0 saturated carbocycles. The SMILES string of the molecule is CCCC(CS(=O)c1ccccc1OC)NCC. The topological polar surface area (TPSA) is 38.3 Å². The van der Waals surface area contributed by atoms with Crippen LogP contribution in [0.15, 0.2) is 29.2 Å².